The average molecular weight is 376 g/mol. The molecular formula is C20H29FN4O2. The predicted molar refractivity (Wildman–Crippen MR) is 103 cm³/mol. The van der Waals surface area contributed by atoms with Crippen LogP contribution in [-0.4, -0.2) is 31.7 Å². The van der Waals surface area contributed by atoms with Crippen LogP contribution >= 0.6 is 0 Å². The second kappa shape index (κ2) is 9.58. The highest BCUT2D eigenvalue weighted by molar-refractivity contribution is 5.89. The maximum absolute atomic E-state index is 12.9. The average Bonchev–Trinajstić information content (AvgIpc) is 3.50. The molecule has 0 bridgehead atoms. The van der Waals surface area contributed by atoms with Crippen LogP contribution in [0, 0.1) is 23.6 Å². The zero-order chi connectivity index (χ0) is 19.1. The Morgan fingerprint density at radius 3 is 1.59 bits per heavy atom. The van der Waals surface area contributed by atoms with Crippen LogP contribution in [0.5, 0.6) is 0 Å². The van der Waals surface area contributed by atoms with Gasteiger partial charge in [-0.05, 0) is 80.5 Å². The van der Waals surface area contributed by atoms with Crippen molar-refractivity contribution < 1.29 is 14.0 Å². The molecule has 6 nitrogen and oxygen atoms in total. The van der Waals surface area contributed by atoms with Crippen molar-refractivity contribution in [3.63, 3.8) is 0 Å². The molecule has 148 valence electrons. The third-order valence-corrected chi connectivity index (χ3v) is 5.42. The highest BCUT2D eigenvalue weighted by atomic mass is 19.1. The van der Waals surface area contributed by atoms with E-state index in [0.29, 0.717) is 30.0 Å². The summed E-state index contributed by atoms with van der Waals surface area (Å²) in [7, 11) is 0. The molecular weight excluding hydrogens is 347 g/mol. The Bertz CT molecular complexity index is 625. The van der Waals surface area contributed by atoms with Crippen LogP contribution in [0.25, 0.3) is 0 Å². The summed E-state index contributed by atoms with van der Waals surface area (Å²) in [6.07, 6.45) is 6.70. The van der Waals surface area contributed by atoms with E-state index in [9.17, 15) is 14.0 Å². The second-order valence-corrected chi connectivity index (χ2v) is 7.76. The largest absolute Gasteiger partial charge is 0.338 e. The molecule has 0 aromatic heterocycles. The highest BCUT2D eigenvalue weighted by Gasteiger charge is 2.23. The molecule has 0 unspecified atom stereocenters. The number of carbonyl (C=O) groups is 2. The standard InChI is InChI=1S/C20H29FN4O2/c21-17-7-9-18(10-8-17)25-20(27)24-13-16-5-3-15(4-6-16)12-23-19(26)22-11-14-1-2-14/h7-10,14-16H,1-6,11-13H2,(H2,22,23,26)(H2,24,25,27). The molecule has 27 heavy (non-hydrogen) atoms. The SMILES string of the molecule is O=C(NCC1CC1)NCC1CCC(CNC(=O)Nc2ccc(F)cc2)CC1. The van der Waals surface area contributed by atoms with Gasteiger partial charge in [0.25, 0.3) is 0 Å². The summed E-state index contributed by atoms with van der Waals surface area (Å²) in [5.41, 5.74) is 0.573. The van der Waals surface area contributed by atoms with Gasteiger partial charge in [-0.3, -0.25) is 0 Å². The molecule has 0 aliphatic heterocycles. The minimum Gasteiger partial charge on any atom is -0.338 e. The smallest absolute Gasteiger partial charge is 0.319 e. The monoisotopic (exact) mass is 376 g/mol. The number of rotatable bonds is 7. The predicted octanol–water partition coefficient (Wildman–Crippen LogP) is 3.46. The van der Waals surface area contributed by atoms with Gasteiger partial charge in [-0.2, -0.15) is 0 Å². The molecule has 0 saturated heterocycles. The molecule has 2 aliphatic carbocycles. The summed E-state index contributed by atoms with van der Waals surface area (Å²) in [5.74, 6) is 1.34. The lowest BCUT2D eigenvalue weighted by molar-refractivity contribution is 0.227. The van der Waals surface area contributed by atoms with Crippen LogP contribution in [0.1, 0.15) is 38.5 Å². The fraction of sp³-hybridized carbons (Fsp3) is 0.600. The van der Waals surface area contributed by atoms with Crippen LogP contribution in [0.15, 0.2) is 24.3 Å². The van der Waals surface area contributed by atoms with Gasteiger partial charge in [0.05, 0.1) is 0 Å². The van der Waals surface area contributed by atoms with Crippen LogP contribution in [0.2, 0.25) is 0 Å². The topological polar surface area (TPSA) is 82.3 Å². The highest BCUT2D eigenvalue weighted by Crippen LogP contribution is 2.28. The van der Waals surface area contributed by atoms with Crippen LogP contribution in [0.3, 0.4) is 0 Å². The number of carbonyl (C=O) groups excluding carboxylic acids is 2. The normalized spacial score (nSPS) is 22.0. The van der Waals surface area contributed by atoms with E-state index in [2.05, 4.69) is 21.3 Å². The molecule has 2 aliphatic rings. The molecule has 4 amide bonds. The first-order valence-corrected chi connectivity index (χ1v) is 9.90. The van der Waals surface area contributed by atoms with Crippen molar-refractivity contribution in [1.82, 2.24) is 16.0 Å². The van der Waals surface area contributed by atoms with Crippen LogP contribution < -0.4 is 21.3 Å². The van der Waals surface area contributed by atoms with Gasteiger partial charge in [-0.15, -0.1) is 0 Å². The van der Waals surface area contributed by atoms with Crippen molar-refractivity contribution in [3.8, 4) is 0 Å². The van der Waals surface area contributed by atoms with Crippen molar-refractivity contribution in [2.75, 3.05) is 25.0 Å². The first kappa shape index (κ1) is 19.5. The van der Waals surface area contributed by atoms with Gasteiger partial charge in [0.1, 0.15) is 5.82 Å². The van der Waals surface area contributed by atoms with E-state index in [0.717, 1.165) is 38.8 Å². The molecule has 2 fully saturated rings. The van der Waals surface area contributed by atoms with Gasteiger partial charge in [-0.1, -0.05) is 0 Å². The van der Waals surface area contributed by atoms with Crippen molar-refractivity contribution in [2.45, 2.75) is 38.5 Å². The minimum absolute atomic E-state index is 0.0526. The summed E-state index contributed by atoms with van der Waals surface area (Å²) in [6.45, 7) is 2.15. The summed E-state index contributed by atoms with van der Waals surface area (Å²) in [6, 6.07) is 5.39. The number of urea groups is 2. The number of benzene rings is 1. The van der Waals surface area contributed by atoms with Gasteiger partial charge < -0.3 is 21.3 Å². The first-order chi connectivity index (χ1) is 13.1. The maximum Gasteiger partial charge on any atom is 0.319 e. The number of amides is 4. The van der Waals surface area contributed by atoms with Crippen molar-refractivity contribution in [3.05, 3.63) is 30.1 Å². The summed E-state index contributed by atoms with van der Waals surface area (Å²) >= 11 is 0. The molecule has 4 N–H and O–H groups in total. The Balaban J connectivity index is 1.26. The van der Waals surface area contributed by atoms with E-state index in [-0.39, 0.29) is 17.9 Å². The number of anilines is 1. The molecule has 0 radical (unpaired) electrons. The molecule has 0 spiro atoms. The third-order valence-electron chi connectivity index (χ3n) is 5.42. The van der Waals surface area contributed by atoms with E-state index in [1.165, 1.54) is 37.1 Å². The molecule has 2 saturated carbocycles. The summed E-state index contributed by atoms with van der Waals surface area (Å²) < 4.78 is 12.9. The Hall–Kier alpha value is -2.31. The van der Waals surface area contributed by atoms with Gasteiger partial charge in [0, 0.05) is 25.3 Å². The molecule has 3 rings (SSSR count). The lowest BCUT2D eigenvalue weighted by Gasteiger charge is -2.28. The second-order valence-electron chi connectivity index (χ2n) is 7.76. The van der Waals surface area contributed by atoms with Gasteiger partial charge in [-0.25, -0.2) is 14.0 Å². The Kier molecular flexibility index (Phi) is 6.90. The lowest BCUT2D eigenvalue weighted by atomic mass is 9.82. The Labute approximate surface area is 159 Å². The Morgan fingerprint density at radius 2 is 1.15 bits per heavy atom. The van der Waals surface area contributed by atoms with Gasteiger partial charge >= 0.3 is 12.1 Å². The number of nitrogens with one attached hydrogen (secondary N) is 4. The summed E-state index contributed by atoms with van der Waals surface area (Å²) in [5, 5.41) is 11.5. The quantitative estimate of drug-likeness (QED) is 0.588. The summed E-state index contributed by atoms with van der Waals surface area (Å²) in [4.78, 5) is 23.7. The van der Waals surface area contributed by atoms with Crippen molar-refractivity contribution in [2.24, 2.45) is 17.8 Å². The third kappa shape index (κ3) is 7.07. The molecule has 7 heteroatoms. The number of hydrogen-bond acceptors (Lipinski definition) is 2. The van der Waals surface area contributed by atoms with E-state index in [4.69, 9.17) is 0 Å². The van der Waals surface area contributed by atoms with Gasteiger partial charge in [0.2, 0.25) is 0 Å². The van der Waals surface area contributed by atoms with Crippen LogP contribution in [-0.2, 0) is 0 Å². The number of hydrogen-bond donors (Lipinski definition) is 4. The lowest BCUT2D eigenvalue weighted by Crippen LogP contribution is -2.40. The number of halogens is 1. The molecule has 0 heterocycles. The zero-order valence-electron chi connectivity index (χ0n) is 15.6. The minimum atomic E-state index is -0.326. The zero-order valence-corrected chi connectivity index (χ0v) is 15.6. The Morgan fingerprint density at radius 1 is 0.741 bits per heavy atom. The van der Waals surface area contributed by atoms with E-state index in [1.807, 2.05) is 0 Å². The van der Waals surface area contributed by atoms with Crippen molar-refractivity contribution in [1.29, 1.82) is 0 Å². The van der Waals surface area contributed by atoms with E-state index >= 15 is 0 Å². The van der Waals surface area contributed by atoms with Gasteiger partial charge in [0.15, 0.2) is 0 Å². The van der Waals surface area contributed by atoms with Crippen LogP contribution in [0.4, 0.5) is 19.7 Å². The fourth-order valence-corrected chi connectivity index (χ4v) is 3.44. The molecule has 1 aromatic rings. The molecule has 1 aromatic carbocycles. The first-order valence-electron chi connectivity index (χ1n) is 9.90. The fourth-order valence-electron chi connectivity index (χ4n) is 3.44. The maximum atomic E-state index is 12.9. The van der Waals surface area contributed by atoms with E-state index in [1.54, 1.807) is 0 Å². The molecule has 0 atom stereocenters. The van der Waals surface area contributed by atoms with E-state index < -0.39 is 0 Å². The van der Waals surface area contributed by atoms with Crippen molar-refractivity contribution >= 4 is 17.7 Å².